The number of carbonyl (C=O) groups excluding carboxylic acids is 2. The number of hydrogen-bond donors (Lipinski definition) is 3. The predicted octanol–water partition coefficient (Wildman–Crippen LogP) is 0.703. The second kappa shape index (κ2) is 6.21. The summed E-state index contributed by atoms with van der Waals surface area (Å²) in [5.41, 5.74) is -2.33. The Labute approximate surface area is 121 Å². The monoisotopic (exact) mass is 307 g/mol. The van der Waals surface area contributed by atoms with E-state index in [4.69, 9.17) is 0 Å². The molecule has 0 aromatic heterocycles. The van der Waals surface area contributed by atoms with Crippen molar-refractivity contribution in [2.45, 2.75) is 44.3 Å². The van der Waals surface area contributed by atoms with E-state index in [1.54, 1.807) is 0 Å². The van der Waals surface area contributed by atoms with Crippen molar-refractivity contribution in [3.63, 3.8) is 0 Å². The number of alkyl halides is 3. The molecule has 120 valence electrons. The van der Waals surface area contributed by atoms with Gasteiger partial charge in [0, 0.05) is 25.6 Å². The van der Waals surface area contributed by atoms with Crippen molar-refractivity contribution in [2.75, 3.05) is 19.6 Å². The molecule has 1 saturated carbocycles. The van der Waals surface area contributed by atoms with Gasteiger partial charge in [-0.05, 0) is 32.2 Å². The van der Waals surface area contributed by atoms with E-state index in [2.05, 4.69) is 16.0 Å². The number of amides is 2. The second-order valence-corrected chi connectivity index (χ2v) is 5.71. The lowest BCUT2D eigenvalue weighted by molar-refractivity contribution is -0.216. The Kier molecular flexibility index (Phi) is 4.75. The number of rotatable bonds is 6. The zero-order valence-corrected chi connectivity index (χ0v) is 11.7. The molecule has 5 nitrogen and oxygen atoms in total. The van der Waals surface area contributed by atoms with Crippen molar-refractivity contribution in [1.29, 1.82) is 0 Å². The van der Waals surface area contributed by atoms with Gasteiger partial charge in [-0.15, -0.1) is 0 Å². The van der Waals surface area contributed by atoms with Crippen molar-refractivity contribution in [2.24, 2.45) is 5.41 Å². The zero-order chi connectivity index (χ0) is 15.5. The van der Waals surface area contributed by atoms with Gasteiger partial charge in [-0.3, -0.25) is 9.59 Å². The predicted molar refractivity (Wildman–Crippen MR) is 69.4 cm³/mol. The maximum Gasteiger partial charge on any atom is 0.404 e. The molecule has 1 aliphatic heterocycles. The summed E-state index contributed by atoms with van der Waals surface area (Å²) in [6.07, 6.45) is -2.28. The van der Waals surface area contributed by atoms with E-state index in [0.717, 1.165) is 12.8 Å². The fourth-order valence-corrected chi connectivity index (χ4v) is 2.40. The smallest absolute Gasteiger partial charge is 0.355 e. The van der Waals surface area contributed by atoms with Crippen LogP contribution in [0.15, 0.2) is 0 Å². The van der Waals surface area contributed by atoms with Crippen molar-refractivity contribution in [3.8, 4) is 0 Å². The van der Waals surface area contributed by atoms with Gasteiger partial charge in [-0.25, -0.2) is 0 Å². The second-order valence-electron chi connectivity index (χ2n) is 5.71. The highest BCUT2D eigenvalue weighted by Crippen LogP contribution is 2.43. The third-order valence-corrected chi connectivity index (χ3v) is 3.94. The molecule has 0 radical (unpaired) electrons. The first-order valence-corrected chi connectivity index (χ1v) is 7.20. The van der Waals surface area contributed by atoms with Crippen molar-refractivity contribution < 1.29 is 22.8 Å². The first-order valence-electron chi connectivity index (χ1n) is 7.20. The summed E-state index contributed by atoms with van der Waals surface area (Å²) in [5.74, 6) is -1.11. The Morgan fingerprint density at radius 1 is 1.29 bits per heavy atom. The fraction of sp³-hybridized carbons (Fsp3) is 0.846. The minimum Gasteiger partial charge on any atom is -0.355 e. The van der Waals surface area contributed by atoms with Crippen LogP contribution in [0.4, 0.5) is 13.2 Å². The summed E-state index contributed by atoms with van der Waals surface area (Å²) < 4.78 is 39.3. The van der Waals surface area contributed by atoms with Crippen LogP contribution in [0.5, 0.6) is 0 Å². The lowest BCUT2D eigenvalue weighted by atomic mass is 9.85. The molecule has 21 heavy (non-hydrogen) atoms. The quantitative estimate of drug-likeness (QED) is 0.633. The number of hydrogen-bond acceptors (Lipinski definition) is 3. The third kappa shape index (κ3) is 3.87. The van der Waals surface area contributed by atoms with Crippen LogP contribution in [0.3, 0.4) is 0 Å². The van der Waals surface area contributed by atoms with Gasteiger partial charge in [0.1, 0.15) is 0 Å². The van der Waals surface area contributed by atoms with E-state index in [0.29, 0.717) is 6.42 Å². The summed E-state index contributed by atoms with van der Waals surface area (Å²) >= 11 is 0. The van der Waals surface area contributed by atoms with Gasteiger partial charge < -0.3 is 16.0 Å². The van der Waals surface area contributed by atoms with Gasteiger partial charge in [0.25, 0.3) is 0 Å². The van der Waals surface area contributed by atoms with Crippen LogP contribution in [0, 0.1) is 5.41 Å². The fourth-order valence-electron chi connectivity index (χ4n) is 2.40. The maximum absolute atomic E-state index is 13.1. The van der Waals surface area contributed by atoms with Gasteiger partial charge in [-0.1, -0.05) is 0 Å². The van der Waals surface area contributed by atoms with Crippen LogP contribution in [-0.4, -0.2) is 43.7 Å². The van der Waals surface area contributed by atoms with E-state index in [1.165, 1.54) is 0 Å². The Morgan fingerprint density at radius 2 is 2.00 bits per heavy atom. The van der Waals surface area contributed by atoms with E-state index in [-0.39, 0.29) is 44.4 Å². The highest BCUT2D eigenvalue weighted by atomic mass is 19.4. The molecule has 1 saturated heterocycles. The van der Waals surface area contributed by atoms with Crippen LogP contribution >= 0.6 is 0 Å². The Balaban J connectivity index is 1.73. The summed E-state index contributed by atoms with van der Waals surface area (Å²) in [6, 6.07) is 0.269. The molecule has 1 unspecified atom stereocenters. The Morgan fingerprint density at radius 3 is 2.52 bits per heavy atom. The van der Waals surface area contributed by atoms with Gasteiger partial charge >= 0.3 is 6.18 Å². The lowest BCUT2D eigenvalue weighted by Gasteiger charge is -2.29. The molecule has 2 amide bonds. The molecule has 3 N–H and O–H groups in total. The van der Waals surface area contributed by atoms with Gasteiger partial charge in [0.2, 0.25) is 11.8 Å². The molecule has 8 heteroatoms. The summed E-state index contributed by atoms with van der Waals surface area (Å²) in [5, 5.41) is 7.70. The summed E-state index contributed by atoms with van der Waals surface area (Å²) in [4.78, 5) is 23.3. The largest absolute Gasteiger partial charge is 0.404 e. The summed E-state index contributed by atoms with van der Waals surface area (Å²) in [6.45, 7) is -0.129. The van der Waals surface area contributed by atoms with E-state index in [9.17, 15) is 22.8 Å². The van der Waals surface area contributed by atoms with Crippen LogP contribution in [-0.2, 0) is 9.59 Å². The van der Waals surface area contributed by atoms with Gasteiger partial charge in [0.15, 0.2) is 5.41 Å². The molecule has 0 spiro atoms. The average molecular weight is 307 g/mol. The molecular formula is C13H20F3N3O2. The normalized spacial score (nSPS) is 25.7. The van der Waals surface area contributed by atoms with Crippen LogP contribution in [0.2, 0.25) is 0 Å². The number of nitrogens with one attached hydrogen (secondary N) is 3. The Hall–Kier alpha value is -1.31. The standard InChI is InChI=1S/C13H20F3N3O2/c14-13(15,16)12(5-7-17-8-12)11(21)18-6-1-2-10(20)19-9-3-4-9/h9,17H,1-8H2,(H,18,21)(H,19,20). The van der Waals surface area contributed by atoms with Gasteiger partial charge in [0.05, 0.1) is 0 Å². The van der Waals surface area contributed by atoms with Crippen molar-refractivity contribution in [1.82, 2.24) is 16.0 Å². The topological polar surface area (TPSA) is 70.2 Å². The van der Waals surface area contributed by atoms with E-state index < -0.39 is 17.5 Å². The van der Waals surface area contributed by atoms with Crippen LogP contribution in [0.25, 0.3) is 0 Å². The number of carbonyl (C=O) groups is 2. The minimum atomic E-state index is -4.57. The zero-order valence-electron chi connectivity index (χ0n) is 11.7. The highest BCUT2D eigenvalue weighted by Gasteiger charge is 2.61. The molecule has 0 aromatic carbocycles. The van der Waals surface area contributed by atoms with Crippen molar-refractivity contribution in [3.05, 3.63) is 0 Å². The van der Waals surface area contributed by atoms with E-state index >= 15 is 0 Å². The molecule has 2 aliphatic rings. The van der Waals surface area contributed by atoms with Crippen LogP contribution < -0.4 is 16.0 Å². The molecular weight excluding hydrogens is 287 g/mol. The molecule has 1 heterocycles. The van der Waals surface area contributed by atoms with Gasteiger partial charge in [-0.2, -0.15) is 13.2 Å². The molecule has 0 aromatic rings. The summed E-state index contributed by atoms with van der Waals surface area (Å²) in [7, 11) is 0. The number of halogens is 3. The maximum atomic E-state index is 13.1. The van der Waals surface area contributed by atoms with E-state index in [1.807, 2.05) is 0 Å². The molecule has 0 bridgehead atoms. The molecule has 2 fully saturated rings. The molecule has 1 aliphatic carbocycles. The highest BCUT2D eigenvalue weighted by molar-refractivity contribution is 5.84. The lowest BCUT2D eigenvalue weighted by Crippen LogP contribution is -2.52. The first-order chi connectivity index (χ1) is 9.85. The third-order valence-electron chi connectivity index (χ3n) is 3.94. The SMILES string of the molecule is O=C(CCCNC(=O)C1(C(F)(F)F)CCNC1)NC1CC1. The molecule has 2 rings (SSSR count). The van der Waals surface area contributed by atoms with Crippen LogP contribution in [0.1, 0.15) is 32.1 Å². The minimum absolute atomic E-state index is 0.0781. The van der Waals surface area contributed by atoms with Crippen molar-refractivity contribution >= 4 is 11.8 Å². The first kappa shape index (κ1) is 16.1. The molecule has 1 atom stereocenters. The Bertz CT molecular complexity index is 402. The average Bonchev–Trinajstić information content (AvgIpc) is 3.05.